The van der Waals surface area contributed by atoms with E-state index in [-0.39, 0.29) is 12.5 Å². The molecule has 0 aliphatic heterocycles. The van der Waals surface area contributed by atoms with Crippen LogP contribution in [0.5, 0.6) is 5.75 Å². The molecule has 108 valence electrons. The fourth-order valence-corrected chi connectivity index (χ4v) is 1.98. The van der Waals surface area contributed by atoms with Crippen molar-refractivity contribution < 1.29 is 14.3 Å². The van der Waals surface area contributed by atoms with Crippen LogP contribution in [0.1, 0.15) is 10.4 Å². The van der Waals surface area contributed by atoms with Crippen LogP contribution >= 0.6 is 22.6 Å². The van der Waals surface area contributed by atoms with Crippen LogP contribution in [0, 0.1) is 3.57 Å². The molecule has 0 unspecified atom stereocenters. The van der Waals surface area contributed by atoms with Gasteiger partial charge in [0, 0.05) is 20.9 Å². The molecule has 5 nitrogen and oxygen atoms in total. The molecule has 2 aromatic carbocycles. The maximum Gasteiger partial charge on any atom is 0.255 e. The van der Waals surface area contributed by atoms with E-state index in [2.05, 4.69) is 27.9 Å². The van der Waals surface area contributed by atoms with E-state index >= 15 is 0 Å². The highest BCUT2D eigenvalue weighted by Gasteiger charge is 2.06. The molecule has 2 rings (SSSR count). The van der Waals surface area contributed by atoms with E-state index < -0.39 is 5.91 Å². The number of carbonyl (C=O) groups excluding carboxylic acids is 2. The van der Waals surface area contributed by atoms with E-state index in [1.807, 2.05) is 12.1 Å². The fourth-order valence-electron chi connectivity index (χ4n) is 1.62. The SMILES string of the molecule is NC(=O)COc1cccc(NC(=O)c2ccc(I)cc2)c1. The molecule has 21 heavy (non-hydrogen) atoms. The predicted molar refractivity (Wildman–Crippen MR) is 88.2 cm³/mol. The Balaban J connectivity index is 2.05. The smallest absolute Gasteiger partial charge is 0.255 e. The molecule has 2 amide bonds. The van der Waals surface area contributed by atoms with E-state index in [9.17, 15) is 9.59 Å². The second-order valence-corrected chi connectivity index (χ2v) is 5.49. The van der Waals surface area contributed by atoms with Gasteiger partial charge in [0.15, 0.2) is 6.61 Å². The van der Waals surface area contributed by atoms with Gasteiger partial charge in [-0.05, 0) is 59.0 Å². The standard InChI is InChI=1S/C15H13IN2O3/c16-11-6-4-10(5-7-11)15(20)18-12-2-1-3-13(8-12)21-9-14(17)19/h1-8H,9H2,(H2,17,19)(H,18,20). The number of nitrogens with one attached hydrogen (secondary N) is 1. The number of halogens is 1. The van der Waals surface area contributed by atoms with Gasteiger partial charge in [-0.15, -0.1) is 0 Å². The molecule has 0 aliphatic carbocycles. The number of ether oxygens (including phenoxy) is 1. The molecular formula is C15H13IN2O3. The van der Waals surface area contributed by atoms with Gasteiger partial charge >= 0.3 is 0 Å². The second kappa shape index (κ2) is 7.07. The molecule has 0 bridgehead atoms. The number of amides is 2. The van der Waals surface area contributed by atoms with Crippen molar-refractivity contribution in [2.24, 2.45) is 5.73 Å². The van der Waals surface area contributed by atoms with Crippen LogP contribution in [0.15, 0.2) is 48.5 Å². The summed E-state index contributed by atoms with van der Waals surface area (Å²) in [6.45, 7) is -0.200. The molecule has 3 N–H and O–H groups in total. The molecule has 0 aromatic heterocycles. The number of nitrogens with two attached hydrogens (primary N) is 1. The number of carbonyl (C=O) groups is 2. The van der Waals surface area contributed by atoms with E-state index in [1.54, 1.807) is 36.4 Å². The molecule has 0 heterocycles. The Hall–Kier alpha value is -2.09. The summed E-state index contributed by atoms with van der Waals surface area (Å²) in [5.41, 5.74) is 6.17. The normalized spacial score (nSPS) is 9.95. The monoisotopic (exact) mass is 396 g/mol. The van der Waals surface area contributed by atoms with Gasteiger partial charge in [0.2, 0.25) is 0 Å². The van der Waals surface area contributed by atoms with Gasteiger partial charge in [-0.2, -0.15) is 0 Å². The van der Waals surface area contributed by atoms with Crippen molar-refractivity contribution >= 4 is 40.1 Å². The van der Waals surface area contributed by atoms with Crippen LogP contribution < -0.4 is 15.8 Å². The third-order valence-corrected chi connectivity index (χ3v) is 3.30. The molecule has 0 saturated heterocycles. The second-order valence-electron chi connectivity index (χ2n) is 4.24. The first-order valence-electron chi connectivity index (χ1n) is 6.12. The summed E-state index contributed by atoms with van der Waals surface area (Å²) in [6.07, 6.45) is 0. The van der Waals surface area contributed by atoms with Gasteiger partial charge in [0.25, 0.3) is 11.8 Å². The summed E-state index contributed by atoms with van der Waals surface area (Å²) in [5, 5.41) is 2.77. The lowest BCUT2D eigenvalue weighted by molar-refractivity contribution is -0.119. The Morgan fingerprint density at radius 1 is 1.14 bits per heavy atom. The number of hydrogen-bond acceptors (Lipinski definition) is 3. The summed E-state index contributed by atoms with van der Waals surface area (Å²) in [5.74, 6) is -0.295. The zero-order valence-electron chi connectivity index (χ0n) is 11.0. The highest BCUT2D eigenvalue weighted by atomic mass is 127. The minimum absolute atomic E-state index is 0.200. The van der Waals surface area contributed by atoms with Crippen LogP contribution in [0.4, 0.5) is 5.69 Å². The Labute approximate surface area is 135 Å². The number of primary amides is 1. The predicted octanol–water partition coefficient (Wildman–Crippen LogP) is 2.41. The minimum Gasteiger partial charge on any atom is -0.484 e. The van der Waals surface area contributed by atoms with Gasteiger partial charge in [-0.25, -0.2) is 0 Å². The fraction of sp³-hybridized carbons (Fsp3) is 0.0667. The largest absolute Gasteiger partial charge is 0.484 e. The summed E-state index contributed by atoms with van der Waals surface area (Å²) >= 11 is 2.18. The molecule has 2 aromatic rings. The third kappa shape index (κ3) is 4.75. The molecule has 0 radical (unpaired) electrons. The van der Waals surface area contributed by atoms with E-state index in [0.29, 0.717) is 17.0 Å². The number of rotatable bonds is 5. The average molecular weight is 396 g/mol. The Bertz CT molecular complexity index is 656. The molecule has 0 fully saturated rings. The average Bonchev–Trinajstić information content (AvgIpc) is 2.46. The van der Waals surface area contributed by atoms with E-state index in [4.69, 9.17) is 10.5 Å². The Morgan fingerprint density at radius 3 is 2.52 bits per heavy atom. The molecule has 0 saturated carbocycles. The number of hydrogen-bond donors (Lipinski definition) is 2. The molecule has 0 atom stereocenters. The van der Waals surface area contributed by atoms with Crippen molar-refractivity contribution in [3.63, 3.8) is 0 Å². The number of anilines is 1. The highest BCUT2D eigenvalue weighted by Crippen LogP contribution is 2.18. The van der Waals surface area contributed by atoms with Gasteiger partial charge < -0.3 is 15.8 Å². The zero-order chi connectivity index (χ0) is 15.2. The van der Waals surface area contributed by atoms with Gasteiger partial charge in [0.1, 0.15) is 5.75 Å². The van der Waals surface area contributed by atoms with Gasteiger partial charge in [0.05, 0.1) is 0 Å². The van der Waals surface area contributed by atoms with Crippen LogP contribution in [0.3, 0.4) is 0 Å². The topological polar surface area (TPSA) is 81.4 Å². The summed E-state index contributed by atoms with van der Waals surface area (Å²) in [7, 11) is 0. The van der Waals surface area contributed by atoms with Crippen LogP contribution in [0.25, 0.3) is 0 Å². The quantitative estimate of drug-likeness (QED) is 0.762. The first-order valence-corrected chi connectivity index (χ1v) is 7.20. The maximum absolute atomic E-state index is 12.1. The van der Waals surface area contributed by atoms with Gasteiger partial charge in [-0.1, -0.05) is 6.07 Å². The number of benzene rings is 2. The lowest BCUT2D eigenvalue weighted by Gasteiger charge is -2.08. The van der Waals surface area contributed by atoms with Crippen molar-refractivity contribution in [3.05, 3.63) is 57.7 Å². The highest BCUT2D eigenvalue weighted by molar-refractivity contribution is 14.1. The minimum atomic E-state index is -0.552. The zero-order valence-corrected chi connectivity index (χ0v) is 13.2. The molecular weight excluding hydrogens is 383 g/mol. The maximum atomic E-state index is 12.1. The van der Waals surface area contributed by atoms with Crippen molar-refractivity contribution in [1.82, 2.24) is 0 Å². The van der Waals surface area contributed by atoms with Crippen molar-refractivity contribution in [2.45, 2.75) is 0 Å². The van der Waals surface area contributed by atoms with Crippen molar-refractivity contribution in [2.75, 3.05) is 11.9 Å². The molecule has 6 heteroatoms. The summed E-state index contributed by atoms with van der Waals surface area (Å²) in [6, 6.07) is 14.0. The van der Waals surface area contributed by atoms with Crippen LogP contribution in [-0.2, 0) is 4.79 Å². The summed E-state index contributed by atoms with van der Waals surface area (Å²) in [4.78, 5) is 22.7. The first kappa shape index (κ1) is 15.3. The summed E-state index contributed by atoms with van der Waals surface area (Å²) < 4.78 is 6.25. The van der Waals surface area contributed by atoms with Crippen LogP contribution in [0.2, 0.25) is 0 Å². The molecule has 0 spiro atoms. The lowest BCUT2D eigenvalue weighted by atomic mass is 10.2. The van der Waals surface area contributed by atoms with Gasteiger partial charge in [-0.3, -0.25) is 9.59 Å². The first-order chi connectivity index (χ1) is 10.0. The molecule has 0 aliphatic rings. The van der Waals surface area contributed by atoms with Crippen molar-refractivity contribution in [1.29, 1.82) is 0 Å². The Kier molecular flexibility index (Phi) is 5.15. The van der Waals surface area contributed by atoms with E-state index in [1.165, 1.54) is 0 Å². The Morgan fingerprint density at radius 2 is 1.86 bits per heavy atom. The van der Waals surface area contributed by atoms with E-state index in [0.717, 1.165) is 3.57 Å². The van der Waals surface area contributed by atoms with Crippen molar-refractivity contribution in [3.8, 4) is 5.75 Å². The third-order valence-electron chi connectivity index (χ3n) is 2.58. The lowest BCUT2D eigenvalue weighted by Crippen LogP contribution is -2.20. The van der Waals surface area contributed by atoms with Crippen LogP contribution in [-0.4, -0.2) is 18.4 Å².